The Morgan fingerprint density at radius 2 is 1.97 bits per heavy atom. The summed E-state index contributed by atoms with van der Waals surface area (Å²) in [7, 11) is 0. The van der Waals surface area contributed by atoms with Gasteiger partial charge >= 0.3 is 6.18 Å². The normalized spacial score (nSPS) is 23.3. The maximum atomic E-state index is 13.3. The van der Waals surface area contributed by atoms with Gasteiger partial charge in [0.2, 0.25) is 0 Å². The van der Waals surface area contributed by atoms with Crippen molar-refractivity contribution >= 4 is 0 Å². The van der Waals surface area contributed by atoms with Crippen LogP contribution in [0.4, 0.5) is 13.2 Å². The van der Waals surface area contributed by atoms with Gasteiger partial charge in [-0.15, -0.1) is 0 Å². The molecule has 2 aromatic heterocycles. The zero-order valence-corrected chi connectivity index (χ0v) is 17.7. The summed E-state index contributed by atoms with van der Waals surface area (Å²) in [5, 5.41) is 0. The highest BCUT2D eigenvalue weighted by atomic mass is 19.4. The second kappa shape index (κ2) is 8.31. The summed E-state index contributed by atoms with van der Waals surface area (Å²) in [6.07, 6.45) is 4.26. The molecule has 3 atom stereocenters. The maximum absolute atomic E-state index is 13.3. The topological polar surface area (TPSA) is 66.8 Å². The molecule has 1 fully saturated rings. The van der Waals surface area contributed by atoms with E-state index in [1.807, 2.05) is 6.20 Å². The van der Waals surface area contributed by atoms with Crippen molar-refractivity contribution in [2.24, 2.45) is 0 Å². The molecule has 5 rings (SSSR count). The molecule has 3 heterocycles. The second-order valence-electron chi connectivity index (χ2n) is 8.63. The van der Waals surface area contributed by atoms with Crippen LogP contribution in [-0.4, -0.2) is 26.8 Å². The van der Waals surface area contributed by atoms with Crippen molar-refractivity contribution in [3.63, 3.8) is 0 Å². The highest BCUT2D eigenvalue weighted by Crippen LogP contribution is 2.35. The van der Waals surface area contributed by atoms with E-state index in [2.05, 4.69) is 56.0 Å². The lowest BCUT2D eigenvalue weighted by Crippen LogP contribution is -2.43. The lowest BCUT2D eigenvalue weighted by molar-refractivity contribution is -0.156. The van der Waals surface area contributed by atoms with Crippen LogP contribution in [0.15, 0.2) is 49.1 Å². The molecule has 1 saturated heterocycles. The number of nitrogens with zero attached hydrogens (tertiary/aromatic N) is 3. The first-order chi connectivity index (χ1) is 15.4. The number of halogens is 3. The van der Waals surface area contributed by atoms with E-state index in [0.717, 1.165) is 19.4 Å². The second-order valence-corrected chi connectivity index (χ2v) is 8.63. The number of hydrazine groups is 2. The van der Waals surface area contributed by atoms with Gasteiger partial charge in [0.1, 0.15) is 11.7 Å². The molecule has 3 unspecified atom stereocenters. The van der Waals surface area contributed by atoms with Gasteiger partial charge in [0.15, 0.2) is 0 Å². The van der Waals surface area contributed by atoms with E-state index in [4.69, 9.17) is 0 Å². The number of hydrogen-bond donors (Lipinski definition) is 3. The largest absolute Gasteiger partial charge is 0.407 e. The predicted molar refractivity (Wildman–Crippen MR) is 114 cm³/mol. The van der Waals surface area contributed by atoms with Crippen LogP contribution >= 0.6 is 0 Å². The van der Waals surface area contributed by atoms with Crippen LogP contribution in [0.25, 0.3) is 11.4 Å². The minimum absolute atomic E-state index is 0.423. The van der Waals surface area contributed by atoms with Gasteiger partial charge in [0, 0.05) is 24.9 Å². The Morgan fingerprint density at radius 3 is 2.81 bits per heavy atom. The molecule has 1 aliphatic carbocycles. The first-order valence-electron chi connectivity index (χ1n) is 10.8. The number of aryl methyl sites for hydroxylation is 2. The minimum Gasteiger partial charge on any atom is -0.336 e. The molecule has 6 nitrogen and oxygen atoms in total. The molecule has 2 aliphatic rings. The third kappa shape index (κ3) is 4.15. The van der Waals surface area contributed by atoms with Crippen LogP contribution in [0, 0.1) is 6.92 Å². The number of pyridine rings is 1. The molecule has 168 valence electrons. The zero-order chi connectivity index (χ0) is 22.3. The summed E-state index contributed by atoms with van der Waals surface area (Å²) < 4.78 is 42.0. The van der Waals surface area contributed by atoms with Gasteiger partial charge in [0.05, 0.1) is 18.1 Å². The fraction of sp³-hybridized carbons (Fsp3) is 0.391. The Bertz CT molecular complexity index is 1110. The molecule has 0 radical (unpaired) electrons. The quantitative estimate of drug-likeness (QED) is 0.571. The van der Waals surface area contributed by atoms with Crippen LogP contribution in [0.3, 0.4) is 0 Å². The van der Waals surface area contributed by atoms with Crippen molar-refractivity contribution in [1.82, 2.24) is 30.9 Å². The van der Waals surface area contributed by atoms with Crippen LogP contribution in [0.2, 0.25) is 0 Å². The predicted octanol–water partition coefficient (Wildman–Crippen LogP) is 3.96. The number of aromatic nitrogens is 3. The molecule has 0 spiro atoms. The summed E-state index contributed by atoms with van der Waals surface area (Å²) in [6.45, 7) is 2.94. The number of alkyl halides is 3. The first-order valence-corrected chi connectivity index (χ1v) is 10.8. The first kappa shape index (κ1) is 21.1. The number of hydrogen-bond acceptors (Lipinski definition) is 5. The average molecular weight is 442 g/mol. The van der Waals surface area contributed by atoms with Crippen molar-refractivity contribution in [1.29, 1.82) is 0 Å². The van der Waals surface area contributed by atoms with E-state index in [1.165, 1.54) is 29.3 Å². The lowest BCUT2D eigenvalue weighted by atomic mass is 9.82. The lowest BCUT2D eigenvalue weighted by Gasteiger charge is -2.26. The van der Waals surface area contributed by atoms with Gasteiger partial charge < -0.3 is 4.57 Å². The van der Waals surface area contributed by atoms with E-state index in [1.54, 1.807) is 18.5 Å². The summed E-state index contributed by atoms with van der Waals surface area (Å²) in [5.41, 5.74) is 13.1. The molecule has 0 bridgehead atoms. The smallest absolute Gasteiger partial charge is 0.336 e. The van der Waals surface area contributed by atoms with E-state index >= 15 is 0 Å². The number of rotatable bonds is 4. The summed E-state index contributed by atoms with van der Waals surface area (Å²) >= 11 is 0. The Kier molecular flexibility index (Phi) is 5.48. The van der Waals surface area contributed by atoms with Crippen LogP contribution in [0.1, 0.15) is 47.1 Å². The van der Waals surface area contributed by atoms with Gasteiger partial charge in [0.25, 0.3) is 0 Å². The van der Waals surface area contributed by atoms with Crippen LogP contribution < -0.4 is 16.4 Å². The monoisotopic (exact) mass is 442 g/mol. The van der Waals surface area contributed by atoms with E-state index in [0.29, 0.717) is 22.9 Å². The van der Waals surface area contributed by atoms with Crippen molar-refractivity contribution in [2.75, 3.05) is 0 Å². The number of imidazole rings is 1. The van der Waals surface area contributed by atoms with Gasteiger partial charge in [-0.3, -0.25) is 4.98 Å². The molecule has 3 aromatic rings. The van der Waals surface area contributed by atoms with Crippen molar-refractivity contribution in [3.05, 3.63) is 71.3 Å². The molecule has 1 aliphatic heterocycles. The Balaban J connectivity index is 1.36. The Labute approximate surface area is 184 Å². The molecule has 3 N–H and O–H groups in total. The van der Waals surface area contributed by atoms with E-state index in [-0.39, 0.29) is 0 Å². The van der Waals surface area contributed by atoms with Gasteiger partial charge in [-0.05, 0) is 55.0 Å². The number of fused-ring (bicyclic) bond motifs is 1. The minimum atomic E-state index is -4.39. The molecule has 0 amide bonds. The molecule has 1 aromatic carbocycles. The molecular formula is C23H25F3N6. The SMILES string of the molecule is Cc1ccc2c(c1)C(Cn1cnc(-c3cc(C4NNNC4C(F)(F)F)ccn3)c1)CCC2. The third-order valence-electron chi connectivity index (χ3n) is 6.35. The van der Waals surface area contributed by atoms with Crippen LogP contribution in [0.5, 0.6) is 0 Å². The fourth-order valence-corrected chi connectivity index (χ4v) is 4.74. The van der Waals surface area contributed by atoms with Gasteiger partial charge in [-0.2, -0.15) is 18.7 Å². The van der Waals surface area contributed by atoms with Crippen molar-refractivity contribution in [3.8, 4) is 11.4 Å². The van der Waals surface area contributed by atoms with Crippen LogP contribution in [-0.2, 0) is 13.0 Å². The standard InChI is InChI=1S/C23H25F3N6/c1-14-5-6-15-3-2-4-17(18(15)9-14)11-32-12-20(28-13-32)19-10-16(7-8-27-19)21-22(23(24,25)26)30-31-29-21/h5-10,12-13,17,21-22,29-31H,2-4,11H2,1H3. The maximum Gasteiger partial charge on any atom is 0.407 e. The molecule has 0 saturated carbocycles. The Hall–Kier alpha value is -2.75. The van der Waals surface area contributed by atoms with Crippen molar-refractivity contribution < 1.29 is 13.2 Å². The van der Waals surface area contributed by atoms with E-state index in [9.17, 15) is 13.2 Å². The van der Waals surface area contributed by atoms with Gasteiger partial charge in [-0.25, -0.2) is 15.8 Å². The zero-order valence-electron chi connectivity index (χ0n) is 17.7. The average Bonchev–Trinajstić information content (AvgIpc) is 3.44. The van der Waals surface area contributed by atoms with Crippen molar-refractivity contribution in [2.45, 2.75) is 56.9 Å². The fourth-order valence-electron chi connectivity index (χ4n) is 4.74. The number of benzene rings is 1. The summed E-state index contributed by atoms with van der Waals surface area (Å²) in [4.78, 5) is 8.84. The highest BCUT2D eigenvalue weighted by Gasteiger charge is 2.48. The number of nitrogens with one attached hydrogen (secondary N) is 3. The summed E-state index contributed by atoms with van der Waals surface area (Å²) in [6, 6.07) is 7.26. The Morgan fingerprint density at radius 1 is 1.09 bits per heavy atom. The molecular weight excluding hydrogens is 417 g/mol. The van der Waals surface area contributed by atoms with E-state index < -0.39 is 18.3 Å². The molecule has 9 heteroatoms. The third-order valence-corrected chi connectivity index (χ3v) is 6.35. The molecule has 32 heavy (non-hydrogen) atoms. The summed E-state index contributed by atoms with van der Waals surface area (Å²) in [5.74, 6) is 0.423. The highest BCUT2D eigenvalue weighted by molar-refractivity contribution is 5.54. The van der Waals surface area contributed by atoms with Gasteiger partial charge in [-0.1, -0.05) is 23.8 Å².